The fourth-order valence-electron chi connectivity index (χ4n) is 2.84. The molecule has 0 aliphatic rings. The molecule has 0 aromatic heterocycles. The Balaban J connectivity index is 1.89. The molecule has 0 saturated carbocycles. The van der Waals surface area contributed by atoms with Crippen molar-refractivity contribution in [1.82, 2.24) is 5.32 Å². The van der Waals surface area contributed by atoms with Crippen LogP contribution in [0.5, 0.6) is 0 Å². The van der Waals surface area contributed by atoms with Gasteiger partial charge in [0.1, 0.15) is 0 Å². The quantitative estimate of drug-likeness (QED) is 0.709. The van der Waals surface area contributed by atoms with Crippen LogP contribution < -0.4 is 5.32 Å². The van der Waals surface area contributed by atoms with Crippen molar-refractivity contribution in [3.05, 3.63) is 89.5 Å². The second kappa shape index (κ2) is 7.06. The molecule has 0 heterocycles. The zero-order valence-corrected chi connectivity index (χ0v) is 12.9. The minimum absolute atomic E-state index is 0.899. The highest BCUT2D eigenvalue weighted by atomic mass is 14.8. The topological polar surface area (TPSA) is 12.0 Å². The van der Waals surface area contributed by atoms with Crippen LogP contribution in [0, 0.1) is 0 Å². The van der Waals surface area contributed by atoms with Gasteiger partial charge in [-0.25, -0.2) is 0 Å². The Labute approximate surface area is 132 Å². The second-order valence-corrected chi connectivity index (χ2v) is 5.47. The molecule has 0 spiro atoms. The summed E-state index contributed by atoms with van der Waals surface area (Å²) in [6.07, 6.45) is 5.40. The van der Waals surface area contributed by atoms with Crippen LogP contribution in [0.4, 0.5) is 0 Å². The largest absolute Gasteiger partial charge is 0.316 e. The van der Waals surface area contributed by atoms with Crippen LogP contribution in [0.2, 0.25) is 0 Å². The second-order valence-electron chi connectivity index (χ2n) is 5.47. The molecule has 1 nitrogen and oxygen atoms in total. The molecule has 3 aromatic carbocycles. The fraction of sp³-hybridized carbons (Fsp3) is 0.143. The van der Waals surface area contributed by atoms with Gasteiger partial charge in [-0.3, -0.25) is 0 Å². The molecule has 0 atom stereocenters. The van der Waals surface area contributed by atoms with Crippen molar-refractivity contribution in [2.75, 3.05) is 7.05 Å². The van der Waals surface area contributed by atoms with Gasteiger partial charge >= 0.3 is 0 Å². The molecule has 22 heavy (non-hydrogen) atoms. The lowest BCUT2D eigenvalue weighted by atomic mass is 9.96. The van der Waals surface area contributed by atoms with E-state index < -0.39 is 0 Å². The highest BCUT2D eigenvalue weighted by Crippen LogP contribution is 2.23. The first-order chi connectivity index (χ1) is 10.9. The van der Waals surface area contributed by atoms with Crippen molar-refractivity contribution in [2.45, 2.75) is 13.0 Å². The predicted molar refractivity (Wildman–Crippen MR) is 95.9 cm³/mol. The molecule has 3 aromatic rings. The molecule has 0 radical (unpaired) electrons. The number of hydrogen-bond acceptors (Lipinski definition) is 1. The maximum absolute atomic E-state index is 3.30. The van der Waals surface area contributed by atoms with Gasteiger partial charge in [0.15, 0.2) is 0 Å². The number of nitrogens with one attached hydrogen (secondary N) is 1. The van der Waals surface area contributed by atoms with E-state index in [-0.39, 0.29) is 0 Å². The summed E-state index contributed by atoms with van der Waals surface area (Å²) >= 11 is 0. The highest BCUT2D eigenvalue weighted by molar-refractivity contribution is 5.86. The maximum Gasteiger partial charge on any atom is 0.0211 e. The van der Waals surface area contributed by atoms with E-state index in [0.717, 1.165) is 13.0 Å². The molecular weight excluding hydrogens is 266 g/mol. The van der Waals surface area contributed by atoms with E-state index >= 15 is 0 Å². The summed E-state index contributed by atoms with van der Waals surface area (Å²) in [6.45, 7) is 0.899. The molecule has 0 aliphatic carbocycles. The van der Waals surface area contributed by atoms with Crippen molar-refractivity contribution in [2.24, 2.45) is 0 Å². The number of hydrogen-bond donors (Lipinski definition) is 1. The normalized spacial score (nSPS) is 11.3. The summed E-state index contributed by atoms with van der Waals surface area (Å²) in [6, 6.07) is 23.5. The van der Waals surface area contributed by atoms with Gasteiger partial charge < -0.3 is 5.32 Å². The summed E-state index contributed by atoms with van der Waals surface area (Å²) in [5.74, 6) is 0. The van der Waals surface area contributed by atoms with Crippen LogP contribution in [-0.2, 0) is 13.0 Å². The van der Waals surface area contributed by atoms with Crippen LogP contribution in [0.15, 0.2) is 72.8 Å². The van der Waals surface area contributed by atoms with Crippen LogP contribution in [-0.4, -0.2) is 7.05 Å². The Morgan fingerprint density at radius 3 is 2.45 bits per heavy atom. The molecule has 0 bridgehead atoms. The summed E-state index contributed by atoms with van der Waals surface area (Å²) in [5, 5.41) is 5.96. The molecular formula is C21H21N. The first-order valence-corrected chi connectivity index (χ1v) is 7.74. The van der Waals surface area contributed by atoms with E-state index in [0.29, 0.717) is 0 Å². The van der Waals surface area contributed by atoms with Crippen LogP contribution >= 0.6 is 0 Å². The van der Waals surface area contributed by atoms with Crippen LogP contribution in [0.3, 0.4) is 0 Å². The fourth-order valence-corrected chi connectivity index (χ4v) is 2.84. The Hall–Kier alpha value is -2.38. The van der Waals surface area contributed by atoms with Gasteiger partial charge in [0, 0.05) is 6.54 Å². The molecule has 3 rings (SSSR count). The molecule has 0 amide bonds. The minimum atomic E-state index is 0.899. The number of allylic oxidation sites excluding steroid dienone is 1. The smallest absolute Gasteiger partial charge is 0.0211 e. The third kappa shape index (κ3) is 3.26. The molecule has 0 saturated heterocycles. The zero-order valence-electron chi connectivity index (χ0n) is 12.9. The van der Waals surface area contributed by atoms with E-state index in [4.69, 9.17) is 0 Å². The van der Waals surface area contributed by atoms with Crippen LogP contribution in [0.1, 0.15) is 16.7 Å². The number of benzene rings is 3. The Morgan fingerprint density at radius 2 is 1.64 bits per heavy atom. The van der Waals surface area contributed by atoms with E-state index in [9.17, 15) is 0 Å². The molecule has 1 heteroatoms. The van der Waals surface area contributed by atoms with E-state index in [1.165, 1.54) is 27.5 Å². The SMILES string of the molecule is CNCc1c(CC=Cc2ccccc2)ccc2ccccc12. The van der Waals surface area contributed by atoms with Gasteiger partial charge in [0.2, 0.25) is 0 Å². The van der Waals surface area contributed by atoms with Crippen molar-refractivity contribution < 1.29 is 0 Å². The van der Waals surface area contributed by atoms with E-state index in [1.54, 1.807) is 0 Å². The standard InChI is InChI=1S/C21H21N/c1-22-16-21-19(12-7-10-17-8-3-2-4-9-17)15-14-18-11-5-6-13-20(18)21/h2-11,13-15,22H,12,16H2,1H3. The molecule has 0 aliphatic heterocycles. The van der Waals surface area contributed by atoms with Crippen LogP contribution in [0.25, 0.3) is 16.8 Å². The number of fused-ring (bicyclic) bond motifs is 1. The lowest BCUT2D eigenvalue weighted by Gasteiger charge is -2.11. The molecule has 110 valence electrons. The summed E-state index contributed by atoms with van der Waals surface area (Å²) < 4.78 is 0. The van der Waals surface area contributed by atoms with Gasteiger partial charge in [-0.05, 0) is 40.9 Å². The van der Waals surface area contributed by atoms with Gasteiger partial charge in [0.25, 0.3) is 0 Å². The molecule has 0 fully saturated rings. The predicted octanol–water partition coefficient (Wildman–Crippen LogP) is 4.82. The third-order valence-electron chi connectivity index (χ3n) is 3.94. The Kier molecular flexibility index (Phi) is 4.67. The van der Waals surface area contributed by atoms with E-state index in [1.807, 2.05) is 13.1 Å². The zero-order chi connectivity index (χ0) is 15.2. The first-order valence-electron chi connectivity index (χ1n) is 7.74. The van der Waals surface area contributed by atoms with Gasteiger partial charge in [0.05, 0.1) is 0 Å². The van der Waals surface area contributed by atoms with Crippen molar-refractivity contribution >= 4 is 16.8 Å². The summed E-state index contributed by atoms with van der Waals surface area (Å²) in [7, 11) is 2.01. The lowest BCUT2D eigenvalue weighted by molar-refractivity contribution is 0.815. The van der Waals surface area contributed by atoms with Gasteiger partial charge in [-0.15, -0.1) is 0 Å². The van der Waals surface area contributed by atoms with Crippen molar-refractivity contribution in [3.8, 4) is 0 Å². The number of rotatable bonds is 5. The third-order valence-corrected chi connectivity index (χ3v) is 3.94. The van der Waals surface area contributed by atoms with Crippen molar-refractivity contribution in [1.29, 1.82) is 0 Å². The average Bonchev–Trinajstić information content (AvgIpc) is 2.58. The summed E-state index contributed by atoms with van der Waals surface area (Å²) in [5.41, 5.74) is 4.04. The first kappa shape index (κ1) is 14.6. The Bertz CT molecular complexity index is 772. The van der Waals surface area contributed by atoms with E-state index in [2.05, 4.69) is 78.1 Å². The minimum Gasteiger partial charge on any atom is -0.316 e. The Morgan fingerprint density at radius 1 is 0.864 bits per heavy atom. The average molecular weight is 287 g/mol. The van der Waals surface area contributed by atoms with Gasteiger partial charge in [-0.1, -0.05) is 78.9 Å². The van der Waals surface area contributed by atoms with Gasteiger partial charge in [-0.2, -0.15) is 0 Å². The summed E-state index contributed by atoms with van der Waals surface area (Å²) in [4.78, 5) is 0. The molecule has 0 unspecified atom stereocenters. The monoisotopic (exact) mass is 287 g/mol. The lowest BCUT2D eigenvalue weighted by Crippen LogP contribution is -2.08. The maximum atomic E-state index is 3.30. The van der Waals surface area contributed by atoms with Crippen molar-refractivity contribution in [3.63, 3.8) is 0 Å². The molecule has 1 N–H and O–H groups in total. The highest BCUT2D eigenvalue weighted by Gasteiger charge is 2.05.